The molecule has 2 amide bonds. The number of benzene rings is 1. The molecule has 1 aromatic carbocycles. The Balaban J connectivity index is 1.70. The SMILES string of the molecule is O=C(NNC(=O)C1CC1)c1cccnc1Oc1ccc(Br)cc1. The number of hydrogen-bond acceptors (Lipinski definition) is 4. The first-order chi connectivity index (χ1) is 11.1. The highest BCUT2D eigenvalue weighted by molar-refractivity contribution is 9.10. The Morgan fingerprint density at radius 1 is 1.13 bits per heavy atom. The Labute approximate surface area is 141 Å². The summed E-state index contributed by atoms with van der Waals surface area (Å²) in [6.07, 6.45) is 3.27. The zero-order chi connectivity index (χ0) is 16.2. The van der Waals surface area contributed by atoms with Crippen molar-refractivity contribution in [2.24, 2.45) is 5.92 Å². The zero-order valence-corrected chi connectivity index (χ0v) is 13.7. The molecule has 2 N–H and O–H groups in total. The summed E-state index contributed by atoms with van der Waals surface area (Å²) in [4.78, 5) is 27.9. The molecule has 0 saturated heterocycles. The number of carbonyl (C=O) groups is 2. The summed E-state index contributed by atoms with van der Waals surface area (Å²) < 4.78 is 6.57. The predicted molar refractivity (Wildman–Crippen MR) is 86.8 cm³/mol. The summed E-state index contributed by atoms with van der Waals surface area (Å²) in [5.74, 6) is 0.107. The summed E-state index contributed by atoms with van der Waals surface area (Å²) in [5, 5.41) is 0. The number of rotatable bonds is 4. The number of amides is 2. The summed E-state index contributed by atoms with van der Waals surface area (Å²) in [6.45, 7) is 0. The summed E-state index contributed by atoms with van der Waals surface area (Å²) in [5.41, 5.74) is 5.04. The van der Waals surface area contributed by atoms with Gasteiger partial charge in [-0.2, -0.15) is 0 Å². The molecule has 3 rings (SSSR count). The second-order valence-corrected chi connectivity index (χ2v) is 6.05. The van der Waals surface area contributed by atoms with Crippen molar-refractivity contribution in [3.05, 3.63) is 52.6 Å². The fraction of sp³-hybridized carbons (Fsp3) is 0.188. The van der Waals surface area contributed by atoms with Crippen LogP contribution in [0.25, 0.3) is 0 Å². The Morgan fingerprint density at radius 2 is 1.87 bits per heavy atom. The van der Waals surface area contributed by atoms with Crippen LogP contribution in [0.2, 0.25) is 0 Å². The van der Waals surface area contributed by atoms with Gasteiger partial charge in [-0.25, -0.2) is 4.98 Å². The second kappa shape index (κ2) is 6.78. The first-order valence-electron chi connectivity index (χ1n) is 7.12. The van der Waals surface area contributed by atoms with E-state index in [0.29, 0.717) is 5.75 Å². The van der Waals surface area contributed by atoms with Gasteiger partial charge in [-0.05, 0) is 49.2 Å². The number of nitrogens with one attached hydrogen (secondary N) is 2. The molecule has 118 valence electrons. The molecule has 2 aromatic rings. The van der Waals surface area contributed by atoms with Gasteiger partial charge in [-0.15, -0.1) is 0 Å². The van der Waals surface area contributed by atoms with E-state index in [-0.39, 0.29) is 23.3 Å². The van der Waals surface area contributed by atoms with Crippen molar-refractivity contribution >= 4 is 27.7 Å². The van der Waals surface area contributed by atoms with Gasteiger partial charge in [0, 0.05) is 16.6 Å². The highest BCUT2D eigenvalue weighted by atomic mass is 79.9. The summed E-state index contributed by atoms with van der Waals surface area (Å²) >= 11 is 3.34. The van der Waals surface area contributed by atoms with Gasteiger partial charge >= 0.3 is 0 Å². The van der Waals surface area contributed by atoms with Gasteiger partial charge in [0.05, 0.1) is 0 Å². The molecule has 1 saturated carbocycles. The molecule has 1 heterocycles. The topological polar surface area (TPSA) is 80.3 Å². The third-order valence-corrected chi connectivity index (χ3v) is 3.82. The number of hydrazine groups is 1. The maximum atomic E-state index is 12.2. The van der Waals surface area contributed by atoms with Crippen molar-refractivity contribution in [1.29, 1.82) is 0 Å². The predicted octanol–water partition coefficient (Wildman–Crippen LogP) is 2.81. The molecule has 1 fully saturated rings. The molecule has 0 radical (unpaired) electrons. The van der Waals surface area contributed by atoms with Crippen LogP contribution in [-0.4, -0.2) is 16.8 Å². The van der Waals surface area contributed by atoms with Crippen LogP contribution in [0, 0.1) is 5.92 Å². The van der Waals surface area contributed by atoms with E-state index in [1.54, 1.807) is 24.3 Å². The number of ether oxygens (including phenoxy) is 1. The Hall–Kier alpha value is -2.41. The van der Waals surface area contributed by atoms with Gasteiger partial charge in [-0.1, -0.05) is 15.9 Å². The van der Waals surface area contributed by atoms with Crippen molar-refractivity contribution in [3.63, 3.8) is 0 Å². The number of halogens is 1. The van der Waals surface area contributed by atoms with E-state index >= 15 is 0 Å². The molecule has 0 aliphatic heterocycles. The zero-order valence-electron chi connectivity index (χ0n) is 12.1. The Bertz CT molecular complexity index is 730. The third kappa shape index (κ3) is 4.07. The molecular weight excluding hydrogens is 362 g/mol. The molecule has 0 bridgehead atoms. The van der Waals surface area contributed by atoms with E-state index in [1.165, 1.54) is 6.20 Å². The number of nitrogens with zero attached hydrogens (tertiary/aromatic N) is 1. The number of carbonyl (C=O) groups excluding carboxylic acids is 2. The van der Waals surface area contributed by atoms with E-state index in [9.17, 15) is 9.59 Å². The van der Waals surface area contributed by atoms with Gasteiger partial charge in [-0.3, -0.25) is 20.4 Å². The van der Waals surface area contributed by atoms with Crippen molar-refractivity contribution in [2.75, 3.05) is 0 Å². The monoisotopic (exact) mass is 375 g/mol. The van der Waals surface area contributed by atoms with Gasteiger partial charge in [0.1, 0.15) is 11.3 Å². The molecular formula is C16H14BrN3O3. The molecule has 23 heavy (non-hydrogen) atoms. The maximum Gasteiger partial charge on any atom is 0.275 e. The van der Waals surface area contributed by atoms with Gasteiger partial charge < -0.3 is 4.74 Å². The van der Waals surface area contributed by atoms with E-state index in [4.69, 9.17) is 4.74 Å². The maximum absolute atomic E-state index is 12.2. The van der Waals surface area contributed by atoms with Crippen LogP contribution in [0.3, 0.4) is 0 Å². The van der Waals surface area contributed by atoms with Gasteiger partial charge in [0.2, 0.25) is 11.8 Å². The van der Waals surface area contributed by atoms with Gasteiger partial charge in [0.25, 0.3) is 5.91 Å². The minimum Gasteiger partial charge on any atom is -0.438 e. The van der Waals surface area contributed by atoms with Crippen molar-refractivity contribution in [1.82, 2.24) is 15.8 Å². The number of hydrogen-bond donors (Lipinski definition) is 2. The smallest absolute Gasteiger partial charge is 0.275 e. The number of pyridine rings is 1. The van der Waals surface area contributed by atoms with E-state index < -0.39 is 5.91 Å². The van der Waals surface area contributed by atoms with Crippen molar-refractivity contribution in [3.8, 4) is 11.6 Å². The average molecular weight is 376 g/mol. The van der Waals surface area contributed by atoms with Crippen molar-refractivity contribution < 1.29 is 14.3 Å². The fourth-order valence-electron chi connectivity index (χ4n) is 1.89. The van der Waals surface area contributed by atoms with Crippen LogP contribution < -0.4 is 15.6 Å². The lowest BCUT2D eigenvalue weighted by molar-refractivity contribution is -0.123. The summed E-state index contributed by atoms with van der Waals surface area (Å²) in [7, 11) is 0. The minimum atomic E-state index is -0.473. The fourth-order valence-corrected chi connectivity index (χ4v) is 2.16. The van der Waals surface area contributed by atoms with Crippen molar-refractivity contribution in [2.45, 2.75) is 12.8 Å². The second-order valence-electron chi connectivity index (χ2n) is 5.13. The van der Waals surface area contributed by atoms with E-state index in [2.05, 4.69) is 31.8 Å². The highest BCUT2D eigenvalue weighted by Crippen LogP contribution is 2.28. The molecule has 0 unspecified atom stereocenters. The summed E-state index contributed by atoms with van der Waals surface area (Å²) in [6, 6.07) is 10.4. The minimum absolute atomic E-state index is 0.0164. The van der Waals surface area contributed by atoms with Crippen LogP contribution >= 0.6 is 15.9 Å². The molecule has 1 aliphatic carbocycles. The van der Waals surface area contributed by atoms with Crippen LogP contribution in [-0.2, 0) is 4.79 Å². The average Bonchev–Trinajstić information content (AvgIpc) is 3.40. The highest BCUT2D eigenvalue weighted by Gasteiger charge is 2.30. The van der Waals surface area contributed by atoms with Crippen LogP contribution in [0.5, 0.6) is 11.6 Å². The van der Waals surface area contributed by atoms with Crippen LogP contribution in [0.15, 0.2) is 47.1 Å². The van der Waals surface area contributed by atoms with Crippen LogP contribution in [0.1, 0.15) is 23.2 Å². The first-order valence-corrected chi connectivity index (χ1v) is 7.91. The Morgan fingerprint density at radius 3 is 2.57 bits per heavy atom. The molecule has 6 nitrogen and oxygen atoms in total. The van der Waals surface area contributed by atoms with Gasteiger partial charge in [0.15, 0.2) is 0 Å². The lowest BCUT2D eigenvalue weighted by Crippen LogP contribution is -2.42. The Kier molecular flexibility index (Phi) is 4.57. The first kappa shape index (κ1) is 15.5. The largest absolute Gasteiger partial charge is 0.438 e. The molecule has 1 aromatic heterocycles. The van der Waals surface area contributed by atoms with E-state index in [0.717, 1.165) is 17.3 Å². The van der Waals surface area contributed by atoms with Crippen LogP contribution in [0.4, 0.5) is 0 Å². The number of aromatic nitrogens is 1. The van der Waals surface area contributed by atoms with E-state index in [1.807, 2.05) is 12.1 Å². The molecule has 0 spiro atoms. The quantitative estimate of drug-likeness (QED) is 0.805. The lowest BCUT2D eigenvalue weighted by Gasteiger charge is -2.11. The lowest BCUT2D eigenvalue weighted by atomic mass is 10.2. The standard InChI is InChI=1S/C16H14BrN3O3/c17-11-5-7-12(8-6-11)23-16-13(2-1-9-18-16)15(22)20-19-14(21)10-3-4-10/h1-2,5-10H,3-4H2,(H,19,21)(H,20,22). The normalized spacial score (nSPS) is 13.3. The molecule has 1 aliphatic rings. The molecule has 7 heteroatoms. The third-order valence-electron chi connectivity index (χ3n) is 3.29. The molecule has 0 atom stereocenters.